The predicted octanol–water partition coefficient (Wildman–Crippen LogP) is 1.93. The van der Waals surface area contributed by atoms with Crippen LogP contribution in [-0.4, -0.2) is 28.6 Å². The van der Waals surface area contributed by atoms with Crippen LogP contribution in [0.3, 0.4) is 0 Å². The summed E-state index contributed by atoms with van der Waals surface area (Å²) in [6, 6.07) is 8.46. The van der Waals surface area contributed by atoms with Crippen molar-refractivity contribution < 1.29 is 14.6 Å². The number of aromatic nitrogens is 1. The van der Waals surface area contributed by atoms with E-state index in [1.807, 2.05) is 13.8 Å². The third kappa shape index (κ3) is 4.70. The minimum atomic E-state index is -0.829. The number of amides is 1. The number of nitrogens with one attached hydrogen (secondary N) is 2. The zero-order valence-corrected chi connectivity index (χ0v) is 14.0. The maximum absolute atomic E-state index is 12.1. The van der Waals surface area contributed by atoms with Crippen LogP contribution in [0.4, 0.5) is 0 Å². The summed E-state index contributed by atoms with van der Waals surface area (Å²) in [5.74, 6) is 0.386. The first kappa shape index (κ1) is 17.7. The van der Waals surface area contributed by atoms with E-state index in [2.05, 4.69) is 10.3 Å². The van der Waals surface area contributed by atoms with E-state index in [-0.39, 0.29) is 24.1 Å². The normalized spacial score (nSPS) is 12.0. The summed E-state index contributed by atoms with van der Waals surface area (Å²) in [6.07, 6.45) is 0.628. The number of ether oxygens (including phenoxy) is 1. The number of carbonyl (C=O) groups is 1. The lowest BCUT2D eigenvalue weighted by Crippen LogP contribution is -2.29. The average molecular weight is 330 g/mol. The zero-order chi connectivity index (χ0) is 17.7. The molecule has 0 aliphatic rings. The molecule has 1 atom stereocenters. The molecule has 0 saturated carbocycles. The number of benzene rings is 1. The highest BCUT2D eigenvalue weighted by molar-refractivity contribution is 5.95. The van der Waals surface area contributed by atoms with Gasteiger partial charge >= 0.3 is 0 Å². The summed E-state index contributed by atoms with van der Waals surface area (Å²) in [6.45, 7) is 5.64. The molecule has 1 aromatic carbocycles. The third-order valence-electron chi connectivity index (χ3n) is 3.47. The largest absolute Gasteiger partial charge is 0.491 e. The molecule has 3 N–H and O–H groups in total. The Bertz CT molecular complexity index is 750. The first-order valence-corrected chi connectivity index (χ1v) is 7.79. The Hall–Kier alpha value is -2.60. The molecule has 1 heterocycles. The van der Waals surface area contributed by atoms with Crippen LogP contribution in [0, 0.1) is 6.92 Å². The zero-order valence-electron chi connectivity index (χ0n) is 14.0. The van der Waals surface area contributed by atoms with Crippen molar-refractivity contribution in [1.29, 1.82) is 0 Å². The molecule has 6 heteroatoms. The van der Waals surface area contributed by atoms with E-state index in [1.54, 1.807) is 31.2 Å². The number of H-pyrrole nitrogens is 1. The van der Waals surface area contributed by atoms with E-state index in [9.17, 15) is 14.7 Å². The molecule has 1 amide bonds. The number of hydrogen-bond acceptors (Lipinski definition) is 4. The number of hydrogen-bond donors (Lipinski definition) is 3. The number of rotatable bonds is 6. The second kappa shape index (κ2) is 7.79. The maximum Gasteiger partial charge on any atom is 0.253 e. The molecule has 128 valence electrons. The molecule has 6 nitrogen and oxygen atoms in total. The Kier molecular flexibility index (Phi) is 5.76. The van der Waals surface area contributed by atoms with Gasteiger partial charge in [0, 0.05) is 18.8 Å². The second-order valence-corrected chi connectivity index (χ2v) is 5.86. The van der Waals surface area contributed by atoms with Crippen molar-refractivity contribution in [3.05, 3.63) is 63.6 Å². The van der Waals surface area contributed by atoms with Gasteiger partial charge in [0.05, 0.1) is 17.8 Å². The smallest absolute Gasteiger partial charge is 0.253 e. The van der Waals surface area contributed by atoms with E-state index >= 15 is 0 Å². The van der Waals surface area contributed by atoms with Crippen molar-refractivity contribution in [3.8, 4) is 5.75 Å². The Morgan fingerprint density at radius 1 is 1.29 bits per heavy atom. The summed E-state index contributed by atoms with van der Waals surface area (Å²) in [5, 5.41) is 12.9. The highest BCUT2D eigenvalue weighted by Crippen LogP contribution is 2.18. The third-order valence-corrected chi connectivity index (χ3v) is 3.47. The van der Waals surface area contributed by atoms with E-state index in [1.165, 1.54) is 12.3 Å². The van der Waals surface area contributed by atoms with Crippen molar-refractivity contribution in [2.45, 2.75) is 33.0 Å². The fraction of sp³-hybridized carbons (Fsp3) is 0.333. The fourth-order valence-electron chi connectivity index (χ4n) is 2.26. The van der Waals surface area contributed by atoms with E-state index in [0.29, 0.717) is 16.7 Å². The molecular formula is C18H22N2O4. The highest BCUT2D eigenvalue weighted by atomic mass is 16.5. The SMILES string of the molecule is Cc1cc(=O)[nH]cc1C(=O)NC[C@@H](O)c1ccc(OC(C)C)cc1. The minimum absolute atomic E-state index is 0.0712. The second-order valence-electron chi connectivity index (χ2n) is 5.86. The number of pyridine rings is 1. The highest BCUT2D eigenvalue weighted by Gasteiger charge is 2.13. The van der Waals surface area contributed by atoms with Gasteiger partial charge in [-0.1, -0.05) is 12.1 Å². The molecular weight excluding hydrogens is 308 g/mol. The molecule has 0 saturated heterocycles. The fourth-order valence-corrected chi connectivity index (χ4v) is 2.26. The van der Waals surface area contributed by atoms with Crippen molar-refractivity contribution in [1.82, 2.24) is 10.3 Å². The Morgan fingerprint density at radius 2 is 1.96 bits per heavy atom. The lowest BCUT2D eigenvalue weighted by molar-refractivity contribution is 0.0915. The quantitative estimate of drug-likeness (QED) is 0.755. The molecule has 1 aromatic heterocycles. The van der Waals surface area contributed by atoms with Gasteiger partial charge in [-0.3, -0.25) is 9.59 Å². The van der Waals surface area contributed by atoms with E-state index in [0.717, 1.165) is 5.75 Å². The van der Waals surface area contributed by atoms with Gasteiger partial charge in [0.2, 0.25) is 5.56 Å². The summed E-state index contributed by atoms with van der Waals surface area (Å²) in [5.41, 5.74) is 1.39. The lowest BCUT2D eigenvalue weighted by Gasteiger charge is -2.14. The van der Waals surface area contributed by atoms with Crippen molar-refractivity contribution in [2.75, 3.05) is 6.54 Å². The summed E-state index contributed by atoms with van der Waals surface area (Å²) in [7, 11) is 0. The van der Waals surface area contributed by atoms with Crippen molar-refractivity contribution in [3.63, 3.8) is 0 Å². The molecule has 0 aliphatic heterocycles. The summed E-state index contributed by atoms with van der Waals surface area (Å²) >= 11 is 0. The van der Waals surface area contributed by atoms with Crippen LogP contribution in [0.15, 0.2) is 41.3 Å². The lowest BCUT2D eigenvalue weighted by atomic mass is 10.1. The van der Waals surface area contributed by atoms with Crippen LogP contribution in [0.2, 0.25) is 0 Å². The van der Waals surface area contributed by atoms with E-state index in [4.69, 9.17) is 4.74 Å². The number of aryl methyl sites for hydroxylation is 1. The van der Waals surface area contributed by atoms with Crippen LogP contribution in [0.5, 0.6) is 5.75 Å². The molecule has 24 heavy (non-hydrogen) atoms. The minimum Gasteiger partial charge on any atom is -0.491 e. The summed E-state index contributed by atoms with van der Waals surface area (Å²) < 4.78 is 5.55. The number of carbonyl (C=O) groups excluding carboxylic acids is 1. The number of aliphatic hydroxyl groups excluding tert-OH is 1. The van der Waals surface area contributed by atoms with Gasteiger partial charge < -0.3 is 20.1 Å². The van der Waals surface area contributed by atoms with Crippen molar-refractivity contribution >= 4 is 5.91 Å². The van der Waals surface area contributed by atoms with E-state index < -0.39 is 6.10 Å². The maximum atomic E-state index is 12.1. The molecule has 2 aromatic rings. The standard InChI is InChI=1S/C18H22N2O4/c1-11(2)24-14-6-4-13(5-7-14)16(21)10-20-18(23)15-9-19-17(22)8-12(15)3/h4-9,11,16,21H,10H2,1-3H3,(H,19,22)(H,20,23)/t16-/m1/s1. The van der Waals surface area contributed by atoms with Gasteiger partial charge in [-0.25, -0.2) is 0 Å². The molecule has 0 spiro atoms. The van der Waals surface area contributed by atoms with Crippen LogP contribution in [-0.2, 0) is 0 Å². The summed E-state index contributed by atoms with van der Waals surface area (Å²) in [4.78, 5) is 25.8. The monoisotopic (exact) mass is 330 g/mol. The van der Waals surface area contributed by atoms with Crippen LogP contribution in [0.25, 0.3) is 0 Å². The predicted molar refractivity (Wildman–Crippen MR) is 91.3 cm³/mol. The molecule has 0 bridgehead atoms. The first-order valence-electron chi connectivity index (χ1n) is 7.79. The molecule has 0 radical (unpaired) electrons. The first-order chi connectivity index (χ1) is 11.4. The van der Waals surface area contributed by atoms with Gasteiger partial charge in [0.25, 0.3) is 5.91 Å². The van der Waals surface area contributed by atoms with Gasteiger partial charge in [0.15, 0.2) is 0 Å². The van der Waals surface area contributed by atoms with Crippen LogP contribution >= 0.6 is 0 Å². The molecule has 2 rings (SSSR count). The van der Waals surface area contributed by atoms with Gasteiger partial charge in [0.1, 0.15) is 5.75 Å². The average Bonchev–Trinajstić information content (AvgIpc) is 2.52. The van der Waals surface area contributed by atoms with Gasteiger partial charge in [-0.05, 0) is 44.0 Å². The van der Waals surface area contributed by atoms with Crippen LogP contribution in [0.1, 0.15) is 41.4 Å². The molecule has 0 aliphatic carbocycles. The van der Waals surface area contributed by atoms with Gasteiger partial charge in [-0.15, -0.1) is 0 Å². The molecule has 0 unspecified atom stereocenters. The Balaban J connectivity index is 1.95. The Morgan fingerprint density at radius 3 is 2.54 bits per heavy atom. The Labute approximate surface area is 140 Å². The topological polar surface area (TPSA) is 91.4 Å². The van der Waals surface area contributed by atoms with Gasteiger partial charge in [-0.2, -0.15) is 0 Å². The van der Waals surface area contributed by atoms with Crippen LogP contribution < -0.4 is 15.6 Å². The number of aromatic amines is 1. The van der Waals surface area contributed by atoms with Crippen molar-refractivity contribution in [2.24, 2.45) is 0 Å². The number of aliphatic hydroxyl groups is 1. The molecule has 0 fully saturated rings.